The first kappa shape index (κ1) is 19.1. The maximum atomic E-state index is 11.9. The van der Waals surface area contributed by atoms with Crippen LogP contribution in [0.5, 0.6) is 11.5 Å². The predicted octanol–water partition coefficient (Wildman–Crippen LogP) is 2.67. The predicted molar refractivity (Wildman–Crippen MR) is 104 cm³/mol. The van der Waals surface area contributed by atoms with Gasteiger partial charge in [-0.25, -0.2) is 0 Å². The van der Waals surface area contributed by atoms with Crippen molar-refractivity contribution in [1.82, 2.24) is 21.0 Å². The number of hydrazine groups is 1. The molecule has 0 bridgehead atoms. The summed E-state index contributed by atoms with van der Waals surface area (Å²) in [7, 11) is 0. The molecule has 0 atom stereocenters. The molecule has 1 aliphatic rings. The van der Waals surface area contributed by atoms with E-state index in [0.29, 0.717) is 33.5 Å². The molecule has 4 rings (SSSR count). The molecule has 0 fully saturated rings. The monoisotopic (exact) mass is 432 g/mol. The van der Waals surface area contributed by atoms with Gasteiger partial charge in [0.15, 0.2) is 11.5 Å². The highest BCUT2D eigenvalue weighted by Gasteiger charge is 2.17. The topological polar surface area (TPSA) is 116 Å². The number of halogens is 1. The van der Waals surface area contributed by atoms with E-state index in [2.05, 4.69) is 21.0 Å². The van der Waals surface area contributed by atoms with Gasteiger partial charge in [-0.2, -0.15) is 0 Å². The number of nitrogens with zero attached hydrogens (tertiary/aromatic N) is 2. The summed E-state index contributed by atoms with van der Waals surface area (Å²) in [6, 6.07) is 11.5. The van der Waals surface area contributed by atoms with Crippen LogP contribution in [0.3, 0.4) is 0 Å². The Morgan fingerprint density at radius 3 is 2.66 bits per heavy atom. The van der Waals surface area contributed by atoms with Gasteiger partial charge in [-0.3, -0.25) is 20.4 Å². The first-order valence-corrected chi connectivity index (χ1v) is 9.66. The minimum Gasteiger partial charge on any atom is -0.454 e. The summed E-state index contributed by atoms with van der Waals surface area (Å²) in [5.41, 5.74) is 5.68. The average Bonchev–Trinajstić information content (AvgIpc) is 3.39. The van der Waals surface area contributed by atoms with Gasteiger partial charge in [0.1, 0.15) is 0 Å². The number of benzene rings is 2. The van der Waals surface area contributed by atoms with E-state index in [4.69, 9.17) is 25.5 Å². The molecule has 2 aromatic carbocycles. The lowest BCUT2D eigenvalue weighted by molar-refractivity contribution is -0.119. The SMILES string of the molecule is O=C(CSc1nnc(-c2ccc3c(c2)OCO3)o1)NNC(=O)c1ccc(Cl)cc1. The molecule has 29 heavy (non-hydrogen) atoms. The zero-order valence-electron chi connectivity index (χ0n) is 14.7. The van der Waals surface area contributed by atoms with Crippen LogP contribution in [0.25, 0.3) is 11.5 Å². The Bertz CT molecular complexity index is 1060. The lowest BCUT2D eigenvalue weighted by Crippen LogP contribution is -2.42. The van der Waals surface area contributed by atoms with E-state index in [1.54, 1.807) is 42.5 Å². The Balaban J connectivity index is 1.28. The third kappa shape index (κ3) is 4.61. The number of ether oxygens (including phenoxy) is 2. The van der Waals surface area contributed by atoms with Crippen molar-refractivity contribution in [3.63, 3.8) is 0 Å². The first-order valence-electron chi connectivity index (χ1n) is 8.29. The normalized spacial score (nSPS) is 11.9. The fraction of sp³-hybridized carbons (Fsp3) is 0.111. The third-order valence-electron chi connectivity index (χ3n) is 3.77. The second-order valence-corrected chi connectivity index (χ2v) is 7.10. The minimum absolute atomic E-state index is 0.0241. The molecule has 0 aliphatic carbocycles. The fourth-order valence-corrected chi connectivity index (χ4v) is 3.07. The van der Waals surface area contributed by atoms with Crippen LogP contribution in [0, 0.1) is 0 Å². The highest BCUT2D eigenvalue weighted by molar-refractivity contribution is 7.99. The van der Waals surface area contributed by atoms with Crippen molar-refractivity contribution in [2.75, 3.05) is 12.5 Å². The van der Waals surface area contributed by atoms with Gasteiger partial charge in [-0.1, -0.05) is 23.4 Å². The lowest BCUT2D eigenvalue weighted by atomic mass is 10.2. The van der Waals surface area contributed by atoms with Gasteiger partial charge in [-0.15, -0.1) is 10.2 Å². The zero-order valence-corrected chi connectivity index (χ0v) is 16.2. The van der Waals surface area contributed by atoms with E-state index in [1.165, 1.54) is 0 Å². The van der Waals surface area contributed by atoms with Crippen molar-refractivity contribution in [2.24, 2.45) is 0 Å². The maximum absolute atomic E-state index is 11.9. The molecule has 0 unspecified atom stereocenters. The molecule has 11 heteroatoms. The van der Waals surface area contributed by atoms with Crippen molar-refractivity contribution < 1.29 is 23.5 Å². The van der Waals surface area contributed by atoms with E-state index in [-0.39, 0.29) is 17.8 Å². The Hall–Kier alpha value is -3.24. The average molecular weight is 433 g/mol. The van der Waals surface area contributed by atoms with Crippen LogP contribution >= 0.6 is 23.4 Å². The summed E-state index contributed by atoms with van der Waals surface area (Å²) in [4.78, 5) is 23.9. The zero-order chi connectivity index (χ0) is 20.2. The van der Waals surface area contributed by atoms with E-state index in [0.717, 1.165) is 11.8 Å². The third-order valence-corrected chi connectivity index (χ3v) is 4.85. The first-order chi connectivity index (χ1) is 14.1. The second-order valence-electron chi connectivity index (χ2n) is 5.74. The lowest BCUT2D eigenvalue weighted by Gasteiger charge is -2.06. The Labute approximate surface area is 173 Å². The summed E-state index contributed by atoms with van der Waals surface area (Å²) in [5.74, 6) is 0.639. The number of fused-ring (bicyclic) bond motifs is 1. The summed E-state index contributed by atoms with van der Waals surface area (Å²) in [6.07, 6.45) is 0. The van der Waals surface area contributed by atoms with Crippen LogP contribution < -0.4 is 20.3 Å². The molecule has 9 nitrogen and oxygen atoms in total. The van der Waals surface area contributed by atoms with Crippen LogP contribution in [-0.2, 0) is 4.79 Å². The van der Waals surface area contributed by atoms with Crippen molar-refractivity contribution in [3.8, 4) is 23.0 Å². The maximum Gasteiger partial charge on any atom is 0.277 e. The number of hydrogen-bond donors (Lipinski definition) is 2. The summed E-state index contributed by atoms with van der Waals surface area (Å²) in [5, 5.41) is 8.60. The molecule has 2 N–H and O–H groups in total. The van der Waals surface area contributed by atoms with Crippen molar-refractivity contribution in [3.05, 3.63) is 53.1 Å². The largest absolute Gasteiger partial charge is 0.454 e. The number of hydrogen-bond acceptors (Lipinski definition) is 8. The standard InChI is InChI=1S/C18H13ClN4O5S/c19-12-4-1-10(2-5-12)16(25)21-20-15(24)8-29-18-23-22-17(28-18)11-3-6-13-14(7-11)27-9-26-13/h1-7H,8-9H2,(H,20,24)(H,21,25). The van der Waals surface area contributed by atoms with E-state index < -0.39 is 11.8 Å². The van der Waals surface area contributed by atoms with Gasteiger partial charge >= 0.3 is 0 Å². The number of carbonyl (C=O) groups excluding carboxylic acids is 2. The molecule has 3 aromatic rings. The Morgan fingerprint density at radius 2 is 1.83 bits per heavy atom. The van der Waals surface area contributed by atoms with Crippen molar-refractivity contribution in [2.45, 2.75) is 5.22 Å². The Kier molecular flexibility index (Phi) is 5.54. The molecule has 0 saturated carbocycles. The molecule has 148 valence electrons. The van der Waals surface area contributed by atoms with E-state index in [9.17, 15) is 9.59 Å². The Morgan fingerprint density at radius 1 is 1.03 bits per heavy atom. The molecule has 0 saturated heterocycles. The van der Waals surface area contributed by atoms with Gasteiger partial charge < -0.3 is 13.9 Å². The van der Waals surface area contributed by atoms with Gasteiger partial charge in [0, 0.05) is 16.1 Å². The summed E-state index contributed by atoms with van der Waals surface area (Å²) < 4.78 is 16.1. The number of carbonyl (C=O) groups is 2. The number of thioether (sulfide) groups is 1. The molecule has 0 radical (unpaired) electrons. The van der Waals surface area contributed by atoms with Crippen LogP contribution in [0.4, 0.5) is 0 Å². The molecule has 1 aliphatic heterocycles. The number of rotatable bonds is 5. The minimum atomic E-state index is -0.456. The molecule has 1 aromatic heterocycles. The number of aromatic nitrogens is 2. The quantitative estimate of drug-likeness (QED) is 0.467. The van der Waals surface area contributed by atoms with E-state index >= 15 is 0 Å². The molecular weight excluding hydrogens is 420 g/mol. The fourth-order valence-electron chi connectivity index (χ4n) is 2.38. The summed E-state index contributed by atoms with van der Waals surface area (Å²) >= 11 is 6.81. The van der Waals surface area contributed by atoms with Crippen LogP contribution in [0.1, 0.15) is 10.4 Å². The smallest absolute Gasteiger partial charge is 0.277 e. The van der Waals surface area contributed by atoms with Crippen LogP contribution in [0.2, 0.25) is 5.02 Å². The van der Waals surface area contributed by atoms with Gasteiger partial charge in [-0.05, 0) is 42.5 Å². The van der Waals surface area contributed by atoms with Gasteiger partial charge in [0.25, 0.3) is 11.1 Å². The highest BCUT2D eigenvalue weighted by atomic mass is 35.5. The number of nitrogens with one attached hydrogen (secondary N) is 2. The second kappa shape index (κ2) is 8.41. The van der Waals surface area contributed by atoms with E-state index in [1.807, 2.05) is 0 Å². The van der Waals surface area contributed by atoms with Crippen molar-refractivity contribution >= 4 is 35.2 Å². The highest BCUT2D eigenvalue weighted by Crippen LogP contribution is 2.35. The van der Waals surface area contributed by atoms with Crippen LogP contribution in [-0.4, -0.2) is 34.6 Å². The summed E-state index contributed by atoms with van der Waals surface area (Å²) in [6.45, 7) is 0.174. The van der Waals surface area contributed by atoms with Gasteiger partial charge in [0.05, 0.1) is 5.75 Å². The molecule has 2 amide bonds. The molecule has 0 spiro atoms. The number of amides is 2. The van der Waals surface area contributed by atoms with Crippen molar-refractivity contribution in [1.29, 1.82) is 0 Å². The van der Waals surface area contributed by atoms with Crippen LogP contribution in [0.15, 0.2) is 52.1 Å². The molecular formula is C18H13ClN4O5S. The van der Waals surface area contributed by atoms with Gasteiger partial charge in [0.2, 0.25) is 18.6 Å². The molecule has 2 heterocycles.